The zero-order valence-corrected chi connectivity index (χ0v) is 18.1. The van der Waals surface area contributed by atoms with E-state index in [0.717, 1.165) is 11.1 Å². The fraction of sp³-hybridized carbons (Fsp3) is 0.300. The summed E-state index contributed by atoms with van der Waals surface area (Å²) in [6.45, 7) is 7.13. The normalized spacial score (nSPS) is 11.8. The second-order valence-corrected chi connectivity index (χ2v) is 7.85. The Bertz CT molecular complexity index is 1100. The van der Waals surface area contributed by atoms with Gasteiger partial charge in [-0.05, 0) is 39.3 Å². The van der Waals surface area contributed by atoms with Gasteiger partial charge in [0.25, 0.3) is 5.91 Å². The second kappa shape index (κ2) is 8.54. The van der Waals surface area contributed by atoms with E-state index in [1.807, 2.05) is 26.0 Å². The molecule has 0 aliphatic rings. The summed E-state index contributed by atoms with van der Waals surface area (Å²) in [4.78, 5) is 28.6. The van der Waals surface area contributed by atoms with Crippen LogP contribution in [0.1, 0.15) is 39.5 Å². The van der Waals surface area contributed by atoms with Crippen molar-refractivity contribution in [1.29, 1.82) is 0 Å². The standard InChI is InChI=1S/C20H23N5O4S/c1-10-6-7-14(29-5)12(3)17(10)23-18(26)15-9-21-20(30-15)22-16-8-11(2)25(24-16)13(4)19(27)28/h6-9,13H,1-5H3,(H,23,26)(H,27,28)(H,21,22,24). The quantitative estimate of drug-likeness (QED) is 0.521. The van der Waals surface area contributed by atoms with Crippen molar-refractivity contribution in [2.75, 3.05) is 17.7 Å². The lowest BCUT2D eigenvalue weighted by Gasteiger charge is -2.14. The minimum atomic E-state index is -0.968. The lowest BCUT2D eigenvalue weighted by molar-refractivity contribution is -0.140. The first-order valence-electron chi connectivity index (χ1n) is 9.18. The lowest BCUT2D eigenvalue weighted by Crippen LogP contribution is -2.17. The van der Waals surface area contributed by atoms with E-state index >= 15 is 0 Å². The molecule has 3 aromatic rings. The van der Waals surface area contributed by atoms with E-state index in [2.05, 4.69) is 20.7 Å². The van der Waals surface area contributed by atoms with E-state index in [-0.39, 0.29) is 5.91 Å². The Hall–Kier alpha value is -3.40. The lowest BCUT2D eigenvalue weighted by atomic mass is 10.1. The zero-order chi connectivity index (χ0) is 22.0. The number of carboxylic acids is 1. The van der Waals surface area contributed by atoms with E-state index in [0.29, 0.717) is 33.0 Å². The number of rotatable bonds is 7. The van der Waals surface area contributed by atoms with Crippen molar-refractivity contribution in [1.82, 2.24) is 14.8 Å². The van der Waals surface area contributed by atoms with Gasteiger partial charge in [-0.1, -0.05) is 17.4 Å². The van der Waals surface area contributed by atoms with Gasteiger partial charge in [0.05, 0.1) is 19.0 Å². The number of carboxylic acid groups (broad SMARTS) is 1. The molecule has 0 saturated carbocycles. The molecule has 9 nitrogen and oxygen atoms in total. The average Bonchev–Trinajstić information content (AvgIpc) is 3.31. The fourth-order valence-corrected chi connectivity index (χ4v) is 3.73. The Kier molecular flexibility index (Phi) is 6.06. The number of nitrogens with one attached hydrogen (secondary N) is 2. The molecule has 0 bridgehead atoms. The van der Waals surface area contributed by atoms with Crippen LogP contribution in [0.2, 0.25) is 0 Å². The number of ether oxygens (including phenoxy) is 1. The highest BCUT2D eigenvalue weighted by Gasteiger charge is 2.19. The van der Waals surface area contributed by atoms with E-state index in [4.69, 9.17) is 4.74 Å². The molecule has 3 rings (SSSR count). The number of methoxy groups -OCH3 is 1. The number of benzene rings is 1. The maximum atomic E-state index is 12.7. The first kappa shape index (κ1) is 21.3. The van der Waals surface area contributed by atoms with Crippen LogP contribution in [-0.4, -0.2) is 38.9 Å². The summed E-state index contributed by atoms with van der Waals surface area (Å²) < 4.78 is 6.74. The molecule has 0 aliphatic carbocycles. The fourth-order valence-electron chi connectivity index (χ4n) is 3.01. The number of amides is 1. The molecule has 0 fully saturated rings. The summed E-state index contributed by atoms with van der Waals surface area (Å²) >= 11 is 1.18. The number of thiazole rings is 1. The molecule has 1 aromatic carbocycles. The number of aryl methyl sites for hydroxylation is 2. The highest BCUT2D eigenvalue weighted by atomic mass is 32.1. The van der Waals surface area contributed by atoms with Gasteiger partial charge in [0.2, 0.25) is 0 Å². The molecule has 0 saturated heterocycles. The minimum Gasteiger partial charge on any atom is -0.496 e. The van der Waals surface area contributed by atoms with Gasteiger partial charge >= 0.3 is 5.97 Å². The highest BCUT2D eigenvalue weighted by molar-refractivity contribution is 7.17. The molecule has 2 aromatic heterocycles. The summed E-state index contributed by atoms with van der Waals surface area (Å²) in [5.74, 6) is -0.0872. The van der Waals surface area contributed by atoms with Crippen LogP contribution in [-0.2, 0) is 4.79 Å². The predicted octanol–water partition coefficient (Wildman–Crippen LogP) is 3.91. The highest BCUT2D eigenvalue weighted by Crippen LogP contribution is 2.30. The maximum absolute atomic E-state index is 12.7. The smallest absolute Gasteiger partial charge is 0.328 e. The Balaban J connectivity index is 1.75. The topological polar surface area (TPSA) is 118 Å². The minimum absolute atomic E-state index is 0.277. The van der Waals surface area contributed by atoms with Crippen LogP contribution in [0.5, 0.6) is 5.75 Å². The molecular formula is C20H23N5O4S. The molecule has 1 amide bonds. The molecule has 2 heterocycles. The van der Waals surface area contributed by atoms with E-state index in [1.54, 1.807) is 27.0 Å². The number of carbonyl (C=O) groups is 2. The van der Waals surface area contributed by atoms with Gasteiger partial charge in [0.15, 0.2) is 10.9 Å². The number of aromatic nitrogens is 3. The van der Waals surface area contributed by atoms with Crippen molar-refractivity contribution in [2.45, 2.75) is 33.7 Å². The largest absolute Gasteiger partial charge is 0.496 e. The van der Waals surface area contributed by atoms with E-state index < -0.39 is 12.0 Å². The molecule has 0 radical (unpaired) electrons. The predicted molar refractivity (Wildman–Crippen MR) is 115 cm³/mol. The van der Waals surface area contributed by atoms with Crippen LogP contribution in [0.3, 0.4) is 0 Å². The average molecular weight is 430 g/mol. The third kappa shape index (κ3) is 4.28. The van der Waals surface area contributed by atoms with Gasteiger partial charge in [0.1, 0.15) is 16.7 Å². The van der Waals surface area contributed by atoms with Crippen molar-refractivity contribution in [3.05, 3.63) is 46.1 Å². The van der Waals surface area contributed by atoms with Crippen LogP contribution >= 0.6 is 11.3 Å². The monoisotopic (exact) mass is 429 g/mol. The Morgan fingerprint density at radius 2 is 2.00 bits per heavy atom. The second-order valence-electron chi connectivity index (χ2n) is 6.82. The number of carbonyl (C=O) groups excluding carboxylic acids is 1. The third-order valence-electron chi connectivity index (χ3n) is 4.69. The molecular weight excluding hydrogens is 406 g/mol. The molecule has 0 spiro atoms. The first-order valence-corrected chi connectivity index (χ1v) is 10.00. The summed E-state index contributed by atoms with van der Waals surface area (Å²) in [5, 5.41) is 19.9. The summed E-state index contributed by atoms with van der Waals surface area (Å²) in [6, 6.07) is 4.69. The van der Waals surface area contributed by atoms with Gasteiger partial charge in [-0.3, -0.25) is 9.48 Å². The van der Waals surface area contributed by atoms with Crippen molar-refractivity contribution >= 4 is 39.9 Å². The number of anilines is 3. The number of hydrogen-bond acceptors (Lipinski definition) is 7. The van der Waals surface area contributed by atoms with Crippen LogP contribution in [0.15, 0.2) is 24.4 Å². The molecule has 10 heteroatoms. The maximum Gasteiger partial charge on any atom is 0.328 e. The van der Waals surface area contributed by atoms with Crippen LogP contribution < -0.4 is 15.4 Å². The van der Waals surface area contributed by atoms with Gasteiger partial charge in [0, 0.05) is 17.3 Å². The molecule has 3 N–H and O–H groups in total. The van der Waals surface area contributed by atoms with Crippen LogP contribution in [0.25, 0.3) is 0 Å². The molecule has 0 aliphatic heterocycles. The SMILES string of the molecule is COc1ccc(C)c(NC(=O)c2cnc(Nc3cc(C)n(C(C)C(=O)O)n3)s2)c1C. The van der Waals surface area contributed by atoms with Crippen molar-refractivity contribution in [3.63, 3.8) is 0 Å². The van der Waals surface area contributed by atoms with Crippen molar-refractivity contribution in [3.8, 4) is 5.75 Å². The summed E-state index contributed by atoms with van der Waals surface area (Å²) in [5.41, 5.74) is 3.19. The summed E-state index contributed by atoms with van der Waals surface area (Å²) in [7, 11) is 1.59. The molecule has 158 valence electrons. The molecule has 1 unspecified atom stereocenters. The Morgan fingerprint density at radius 3 is 2.67 bits per heavy atom. The van der Waals surface area contributed by atoms with E-state index in [1.165, 1.54) is 22.2 Å². The Labute approximate surface area is 177 Å². The zero-order valence-electron chi connectivity index (χ0n) is 17.3. The van der Waals surface area contributed by atoms with Crippen molar-refractivity contribution < 1.29 is 19.4 Å². The first-order chi connectivity index (χ1) is 14.2. The number of aliphatic carboxylic acids is 1. The number of hydrogen-bond donors (Lipinski definition) is 3. The van der Waals surface area contributed by atoms with Crippen molar-refractivity contribution in [2.24, 2.45) is 0 Å². The molecule has 1 atom stereocenters. The molecule has 30 heavy (non-hydrogen) atoms. The van der Waals surface area contributed by atoms with Crippen LogP contribution in [0, 0.1) is 20.8 Å². The summed E-state index contributed by atoms with van der Waals surface area (Å²) in [6.07, 6.45) is 1.48. The van der Waals surface area contributed by atoms with Gasteiger partial charge in [-0.2, -0.15) is 5.10 Å². The van der Waals surface area contributed by atoms with Gasteiger partial charge in [-0.25, -0.2) is 9.78 Å². The van der Waals surface area contributed by atoms with Gasteiger partial charge in [-0.15, -0.1) is 0 Å². The third-order valence-corrected chi connectivity index (χ3v) is 5.60. The van der Waals surface area contributed by atoms with E-state index in [9.17, 15) is 14.7 Å². The number of nitrogens with zero attached hydrogens (tertiary/aromatic N) is 3. The van der Waals surface area contributed by atoms with Gasteiger partial charge < -0.3 is 20.5 Å². The Morgan fingerprint density at radius 1 is 1.27 bits per heavy atom. The van der Waals surface area contributed by atoms with Crippen LogP contribution in [0.4, 0.5) is 16.6 Å².